The normalized spacial score (nSPS) is 12.0. The van der Waals surface area contributed by atoms with E-state index in [1.165, 1.54) is 12.1 Å². The van der Waals surface area contributed by atoms with Crippen molar-refractivity contribution in [2.75, 3.05) is 18.6 Å². The van der Waals surface area contributed by atoms with Crippen molar-refractivity contribution in [3.8, 4) is 0 Å². The molecule has 2 aromatic carbocycles. The molecule has 1 atom stereocenters. The van der Waals surface area contributed by atoms with Gasteiger partial charge in [0.05, 0.1) is 34.2 Å². The summed E-state index contributed by atoms with van der Waals surface area (Å²) in [4.78, 5) is 32.6. The lowest BCUT2D eigenvalue weighted by atomic mass is 10.2. The standard InChI is InChI=1S/C20H20Cl2N4O2S/c1-29-9-8-17(19-25-15-4-2-3-5-16(15)26-19)24-18(27)11-23-20(28)13-7-6-12(21)10-14(13)22/h2-7,10,17H,8-9,11H2,1H3,(H,23,28)(H,24,27)(H,25,26)/t17-/m1/s1. The lowest BCUT2D eigenvalue weighted by Gasteiger charge is -2.16. The highest BCUT2D eigenvalue weighted by Gasteiger charge is 2.19. The van der Waals surface area contributed by atoms with Crippen LogP contribution >= 0.6 is 35.0 Å². The zero-order chi connectivity index (χ0) is 20.8. The van der Waals surface area contributed by atoms with Gasteiger partial charge in [0, 0.05) is 5.02 Å². The monoisotopic (exact) mass is 450 g/mol. The predicted octanol–water partition coefficient (Wildman–Crippen LogP) is 4.21. The van der Waals surface area contributed by atoms with E-state index in [0.717, 1.165) is 16.8 Å². The minimum atomic E-state index is -0.439. The van der Waals surface area contributed by atoms with E-state index in [1.807, 2.05) is 30.5 Å². The highest BCUT2D eigenvalue weighted by Crippen LogP contribution is 2.21. The number of imidazole rings is 1. The number of rotatable bonds is 8. The molecule has 1 aromatic heterocycles. The number of hydrogen-bond acceptors (Lipinski definition) is 4. The molecule has 3 N–H and O–H groups in total. The summed E-state index contributed by atoms with van der Waals surface area (Å²) in [7, 11) is 0. The third-order valence-electron chi connectivity index (χ3n) is 4.27. The maximum absolute atomic E-state index is 12.5. The second kappa shape index (κ2) is 10.0. The number of hydrogen-bond donors (Lipinski definition) is 3. The van der Waals surface area contributed by atoms with Crippen LogP contribution in [0.2, 0.25) is 10.0 Å². The average molecular weight is 451 g/mol. The molecule has 0 aliphatic carbocycles. The first-order valence-electron chi connectivity index (χ1n) is 8.94. The van der Waals surface area contributed by atoms with E-state index in [4.69, 9.17) is 23.2 Å². The van der Waals surface area contributed by atoms with Gasteiger partial charge in [0.15, 0.2) is 0 Å². The number of aromatic amines is 1. The van der Waals surface area contributed by atoms with Crippen LogP contribution in [0.3, 0.4) is 0 Å². The Balaban J connectivity index is 1.64. The number of thioether (sulfide) groups is 1. The molecule has 0 saturated carbocycles. The van der Waals surface area contributed by atoms with Gasteiger partial charge in [0.2, 0.25) is 5.91 Å². The lowest BCUT2D eigenvalue weighted by Crippen LogP contribution is -2.39. The summed E-state index contributed by atoms with van der Waals surface area (Å²) in [5.74, 6) is 0.802. The number of nitrogens with one attached hydrogen (secondary N) is 3. The molecule has 0 unspecified atom stereocenters. The van der Waals surface area contributed by atoms with Gasteiger partial charge in [-0.25, -0.2) is 4.98 Å². The highest BCUT2D eigenvalue weighted by atomic mass is 35.5. The first kappa shape index (κ1) is 21.5. The Hall–Kier alpha value is -2.22. The molecule has 9 heteroatoms. The van der Waals surface area contributed by atoms with Gasteiger partial charge in [-0.15, -0.1) is 0 Å². The van der Waals surface area contributed by atoms with Gasteiger partial charge in [0.1, 0.15) is 5.82 Å². The molecule has 1 heterocycles. The Morgan fingerprint density at radius 2 is 2.00 bits per heavy atom. The summed E-state index contributed by atoms with van der Waals surface area (Å²) >= 11 is 13.6. The molecule has 6 nitrogen and oxygen atoms in total. The number of nitrogens with zero attached hydrogens (tertiary/aromatic N) is 1. The number of carbonyl (C=O) groups excluding carboxylic acids is 2. The first-order chi connectivity index (χ1) is 14.0. The number of para-hydroxylation sites is 2. The highest BCUT2D eigenvalue weighted by molar-refractivity contribution is 7.98. The Kier molecular flexibility index (Phi) is 7.41. The zero-order valence-corrected chi connectivity index (χ0v) is 18.0. The van der Waals surface area contributed by atoms with Gasteiger partial charge in [-0.05, 0) is 48.8 Å². The zero-order valence-electron chi connectivity index (χ0n) is 15.7. The Morgan fingerprint density at radius 3 is 2.72 bits per heavy atom. The van der Waals surface area contributed by atoms with Crippen molar-refractivity contribution < 1.29 is 9.59 Å². The van der Waals surface area contributed by atoms with Crippen LogP contribution in [-0.4, -0.2) is 40.3 Å². The summed E-state index contributed by atoms with van der Waals surface area (Å²) in [6.45, 7) is -0.173. The van der Waals surface area contributed by atoms with E-state index < -0.39 is 5.91 Å². The summed E-state index contributed by atoms with van der Waals surface area (Å²) < 4.78 is 0. The fourth-order valence-corrected chi connectivity index (χ4v) is 3.79. The Labute approximate surface area is 182 Å². The maximum Gasteiger partial charge on any atom is 0.253 e. The lowest BCUT2D eigenvalue weighted by molar-refractivity contribution is -0.120. The van der Waals surface area contributed by atoms with Gasteiger partial charge in [-0.1, -0.05) is 35.3 Å². The Morgan fingerprint density at radius 1 is 1.21 bits per heavy atom. The molecule has 152 valence electrons. The summed E-state index contributed by atoms with van der Waals surface area (Å²) in [5.41, 5.74) is 2.02. The van der Waals surface area contributed by atoms with Crippen LogP contribution in [0.15, 0.2) is 42.5 Å². The minimum Gasteiger partial charge on any atom is -0.345 e. The molecule has 3 rings (SSSR count). The summed E-state index contributed by atoms with van der Waals surface area (Å²) in [5, 5.41) is 6.20. The van der Waals surface area contributed by atoms with Crippen LogP contribution in [0.25, 0.3) is 11.0 Å². The summed E-state index contributed by atoms with van der Waals surface area (Å²) in [6, 6.07) is 12.0. The van der Waals surface area contributed by atoms with Crippen LogP contribution in [0.5, 0.6) is 0 Å². The molecule has 3 aromatic rings. The molecule has 0 fully saturated rings. The van der Waals surface area contributed by atoms with Gasteiger partial charge in [0.25, 0.3) is 5.91 Å². The smallest absolute Gasteiger partial charge is 0.253 e. The third-order valence-corrected chi connectivity index (χ3v) is 5.46. The number of amides is 2. The van der Waals surface area contributed by atoms with E-state index in [0.29, 0.717) is 17.3 Å². The van der Waals surface area contributed by atoms with E-state index >= 15 is 0 Å². The number of fused-ring (bicyclic) bond motifs is 1. The third kappa shape index (κ3) is 5.65. The topological polar surface area (TPSA) is 86.9 Å². The quantitative estimate of drug-likeness (QED) is 0.479. The van der Waals surface area contributed by atoms with Crippen molar-refractivity contribution in [1.29, 1.82) is 0 Å². The largest absolute Gasteiger partial charge is 0.345 e. The number of aromatic nitrogens is 2. The fourth-order valence-electron chi connectivity index (χ4n) is 2.83. The number of carbonyl (C=O) groups is 2. The predicted molar refractivity (Wildman–Crippen MR) is 119 cm³/mol. The fraction of sp³-hybridized carbons (Fsp3) is 0.250. The molecular formula is C20H20Cl2N4O2S. The van der Waals surface area contributed by atoms with Crippen molar-refractivity contribution >= 4 is 57.8 Å². The van der Waals surface area contributed by atoms with E-state index in [1.54, 1.807) is 17.8 Å². The average Bonchev–Trinajstić information content (AvgIpc) is 3.13. The summed E-state index contributed by atoms with van der Waals surface area (Å²) in [6.07, 6.45) is 2.72. The van der Waals surface area contributed by atoms with Gasteiger partial charge in [-0.2, -0.15) is 11.8 Å². The van der Waals surface area contributed by atoms with Crippen molar-refractivity contribution in [1.82, 2.24) is 20.6 Å². The van der Waals surface area contributed by atoms with Crippen LogP contribution in [0.1, 0.15) is 28.6 Å². The van der Waals surface area contributed by atoms with Crippen molar-refractivity contribution in [2.45, 2.75) is 12.5 Å². The van der Waals surface area contributed by atoms with Crippen LogP contribution < -0.4 is 10.6 Å². The van der Waals surface area contributed by atoms with Crippen molar-refractivity contribution in [2.24, 2.45) is 0 Å². The van der Waals surface area contributed by atoms with E-state index in [2.05, 4.69) is 20.6 Å². The SMILES string of the molecule is CSCC[C@@H](NC(=O)CNC(=O)c1ccc(Cl)cc1Cl)c1nc2ccccc2[nH]1. The van der Waals surface area contributed by atoms with Crippen LogP contribution in [0, 0.1) is 0 Å². The first-order valence-corrected chi connectivity index (χ1v) is 11.1. The minimum absolute atomic E-state index is 0.173. The van der Waals surface area contributed by atoms with Gasteiger partial charge >= 0.3 is 0 Å². The molecule has 0 spiro atoms. The molecule has 0 aliphatic rings. The second-order valence-corrected chi connectivity index (χ2v) is 8.18. The number of benzene rings is 2. The van der Waals surface area contributed by atoms with Crippen LogP contribution in [-0.2, 0) is 4.79 Å². The number of halogens is 2. The molecular weight excluding hydrogens is 431 g/mol. The van der Waals surface area contributed by atoms with Gasteiger partial charge in [-0.3, -0.25) is 9.59 Å². The molecule has 0 bridgehead atoms. The van der Waals surface area contributed by atoms with E-state index in [-0.39, 0.29) is 29.1 Å². The van der Waals surface area contributed by atoms with Crippen LogP contribution in [0.4, 0.5) is 0 Å². The molecule has 2 amide bonds. The molecule has 29 heavy (non-hydrogen) atoms. The molecule has 0 aliphatic heterocycles. The molecule has 0 radical (unpaired) electrons. The van der Waals surface area contributed by atoms with Gasteiger partial charge < -0.3 is 15.6 Å². The number of H-pyrrole nitrogens is 1. The Bertz CT molecular complexity index is 992. The van der Waals surface area contributed by atoms with E-state index in [9.17, 15) is 9.59 Å². The van der Waals surface area contributed by atoms with Crippen molar-refractivity contribution in [3.63, 3.8) is 0 Å². The second-order valence-electron chi connectivity index (χ2n) is 6.35. The van der Waals surface area contributed by atoms with Crippen molar-refractivity contribution in [3.05, 3.63) is 63.9 Å². The molecule has 0 saturated heterocycles. The maximum atomic E-state index is 12.5.